The van der Waals surface area contributed by atoms with Crippen LogP contribution in [-0.2, 0) is 19.3 Å². The zero-order chi connectivity index (χ0) is 20.1. The second-order valence-electron chi connectivity index (χ2n) is 6.42. The molecule has 0 fully saturated rings. The van der Waals surface area contributed by atoms with Gasteiger partial charge in [-0.25, -0.2) is 0 Å². The van der Waals surface area contributed by atoms with E-state index in [1.165, 1.54) is 70.8 Å². The Kier molecular flexibility index (Phi) is 22.6. The quantitative estimate of drug-likeness (QED) is 0.286. The van der Waals surface area contributed by atoms with Crippen LogP contribution in [0.3, 0.4) is 0 Å². The molecule has 0 saturated heterocycles. The summed E-state index contributed by atoms with van der Waals surface area (Å²) in [6.45, 7) is 5.73. The lowest BCUT2D eigenvalue weighted by atomic mass is 10.1. The lowest BCUT2D eigenvalue weighted by Gasteiger charge is -2.16. The Balaban J connectivity index is 0. The average Bonchev–Trinajstić information content (AvgIpc) is 2.60. The average molecular weight is 400 g/mol. The number of aliphatic hydroxyl groups is 1. The van der Waals surface area contributed by atoms with Crippen LogP contribution in [0.1, 0.15) is 71.1 Å². The van der Waals surface area contributed by atoms with E-state index in [4.69, 9.17) is 14.4 Å². The van der Waals surface area contributed by atoms with Gasteiger partial charge in [0.05, 0.1) is 26.9 Å². The fraction of sp³-hybridized carbons (Fsp3) is 1.00. The van der Waals surface area contributed by atoms with E-state index in [1.54, 1.807) is 0 Å². The highest BCUT2D eigenvalue weighted by Crippen LogP contribution is 2.10. The molecule has 0 unspecified atom stereocenters. The van der Waals surface area contributed by atoms with Crippen molar-refractivity contribution in [3.63, 3.8) is 0 Å². The predicted molar refractivity (Wildman–Crippen MR) is 106 cm³/mol. The molecule has 0 aromatic rings. The van der Waals surface area contributed by atoms with Crippen molar-refractivity contribution in [3.05, 3.63) is 0 Å². The van der Waals surface area contributed by atoms with Crippen molar-refractivity contribution in [2.75, 3.05) is 47.1 Å². The van der Waals surface area contributed by atoms with E-state index in [9.17, 15) is 8.42 Å². The molecule has 8 heteroatoms. The fourth-order valence-electron chi connectivity index (χ4n) is 2.37. The van der Waals surface area contributed by atoms with Crippen molar-refractivity contribution in [1.82, 2.24) is 4.90 Å². The number of hydrogen-bond acceptors (Lipinski definition) is 6. The van der Waals surface area contributed by atoms with Gasteiger partial charge >= 0.3 is 10.4 Å². The maximum absolute atomic E-state index is 9.33. The topological polar surface area (TPSA) is 96.3 Å². The molecule has 0 rings (SSSR count). The lowest BCUT2D eigenvalue weighted by molar-refractivity contribution is 0.0781. The van der Waals surface area contributed by atoms with Gasteiger partial charge in [-0.15, -0.1) is 0 Å². The van der Waals surface area contributed by atoms with E-state index < -0.39 is 10.4 Å². The number of aliphatic hydroxyl groups excluding tert-OH is 1. The highest BCUT2D eigenvalue weighted by Gasteiger charge is 1.98. The molecule has 0 aliphatic rings. The maximum atomic E-state index is 9.33. The van der Waals surface area contributed by atoms with Crippen molar-refractivity contribution in [2.45, 2.75) is 71.1 Å². The second kappa shape index (κ2) is 21.1. The molecule has 160 valence electrons. The molecule has 0 bridgehead atoms. The molecular weight excluding hydrogens is 358 g/mol. The molecule has 0 aliphatic heterocycles. The summed E-state index contributed by atoms with van der Waals surface area (Å²) < 4.78 is 35.0. The number of hydrogen-bond donors (Lipinski definition) is 2. The highest BCUT2D eigenvalue weighted by atomic mass is 32.3. The van der Waals surface area contributed by atoms with Gasteiger partial charge in [-0.1, -0.05) is 64.7 Å². The van der Waals surface area contributed by atoms with Crippen LogP contribution in [0.25, 0.3) is 0 Å². The standard InChI is InChI=1S/C17H37NO2.CH4O4S/c1-3-4-5-6-7-8-9-10-11-12-13-18(2)14-16-20-17-15-19;1-5-6(2,3)4/h19H,3-17H2,1-2H3;1H3,(H,2,3,4). The van der Waals surface area contributed by atoms with Gasteiger partial charge in [0.2, 0.25) is 0 Å². The monoisotopic (exact) mass is 399 g/mol. The van der Waals surface area contributed by atoms with Crippen LogP contribution in [0.5, 0.6) is 0 Å². The van der Waals surface area contributed by atoms with Crippen molar-refractivity contribution >= 4 is 10.4 Å². The predicted octanol–water partition coefficient (Wildman–Crippen LogP) is 3.28. The first kappa shape index (κ1) is 28.0. The van der Waals surface area contributed by atoms with Gasteiger partial charge in [0, 0.05) is 6.54 Å². The van der Waals surface area contributed by atoms with E-state index >= 15 is 0 Å². The van der Waals surface area contributed by atoms with E-state index in [-0.39, 0.29) is 6.61 Å². The van der Waals surface area contributed by atoms with Gasteiger partial charge in [0.1, 0.15) is 0 Å². The molecule has 7 nitrogen and oxygen atoms in total. The molecule has 0 atom stereocenters. The molecular formula is C18H41NO6S. The van der Waals surface area contributed by atoms with E-state index in [2.05, 4.69) is 23.1 Å². The van der Waals surface area contributed by atoms with E-state index in [0.29, 0.717) is 6.61 Å². The van der Waals surface area contributed by atoms with Crippen LogP contribution in [0, 0.1) is 0 Å². The first-order valence-electron chi connectivity index (χ1n) is 9.77. The molecule has 0 radical (unpaired) electrons. The van der Waals surface area contributed by atoms with Gasteiger partial charge in [0.25, 0.3) is 0 Å². The lowest BCUT2D eigenvalue weighted by Crippen LogP contribution is -2.24. The number of ether oxygens (including phenoxy) is 1. The summed E-state index contributed by atoms with van der Waals surface area (Å²) in [4.78, 5) is 2.32. The van der Waals surface area contributed by atoms with Crippen molar-refractivity contribution in [3.8, 4) is 0 Å². The molecule has 0 aromatic heterocycles. The zero-order valence-electron chi connectivity index (χ0n) is 17.0. The molecule has 0 spiro atoms. The zero-order valence-corrected chi connectivity index (χ0v) is 17.8. The molecule has 0 heterocycles. The Bertz CT molecular complexity index is 365. The summed E-state index contributed by atoms with van der Waals surface area (Å²) in [5.74, 6) is 0. The van der Waals surface area contributed by atoms with Crippen LogP contribution >= 0.6 is 0 Å². The molecule has 0 amide bonds. The minimum absolute atomic E-state index is 0.127. The van der Waals surface area contributed by atoms with Gasteiger partial charge in [-0.2, -0.15) is 8.42 Å². The van der Waals surface area contributed by atoms with Crippen LogP contribution in [-0.4, -0.2) is 70.0 Å². The summed E-state index contributed by atoms with van der Waals surface area (Å²) >= 11 is 0. The van der Waals surface area contributed by atoms with Crippen LogP contribution < -0.4 is 0 Å². The Hall–Kier alpha value is -0.250. The molecule has 0 saturated carbocycles. The molecule has 0 aromatic carbocycles. The fourth-order valence-corrected chi connectivity index (χ4v) is 2.37. The third-order valence-electron chi connectivity index (χ3n) is 3.96. The Morgan fingerprint density at radius 1 is 0.846 bits per heavy atom. The Morgan fingerprint density at radius 3 is 1.73 bits per heavy atom. The van der Waals surface area contributed by atoms with Crippen molar-refractivity contribution in [1.29, 1.82) is 0 Å². The Morgan fingerprint density at radius 2 is 1.31 bits per heavy atom. The number of nitrogens with zero attached hydrogens (tertiary/aromatic N) is 1. The molecule has 0 aliphatic carbocycles. The smallest absolute Gasteiger partial charge is 0.394 e. The minimum atomic E-state index is -4.16. The SMILES string of the molecule is CCCCCCCCCCCCN(C)CCOCCO.COS(=O)(=O)O. The minimum Gasteiger partial charge on any atom is -0.394 e. The van der Waals surface area contributed by atoms with Gasteiger partial charge < -0.3 is 14.7 Å². The molecule has 2 N–H and O–H groups in total. The van der Waals surface area contributed by atoms with Gasteiger partial charge in [-0.05, 0) is 20.0 Å². The molecule has 26 heavy (non-hydrogen) atoms. The van der Waals surface area contributed by atoms with E-state index in [1.807, 2.05) is 0 Å². The first-order chi connectivity index (χ1) is 12.4. The number of rotatable bonds is 17. The third kappa shape index (κ3) is 28.5. The van der Waals surface area contributed by atoms with Crippen molar-refractivity contribution < 1.29 is 27.0 Å². The van der Waals surface area contributed by atoms with Gasteiger partial charge in [-0.3, -0.25) is 8.74 Å². The number of likely N-dealkylation sites (N-methyl/N-ethyl adjacent to an activating group) is 1. The van der Waals surface area contributed by atoms with Crippen LogP contribution in [0.4, 0.5) is 0 Å². The van der Waals surface area contributed by atoms with Crippen LogP contribution in [0.2, 0.25) is 0 Å². The normalized spacial score (nSPS) is 11.5. The summed E-state index contributed by atoms with van der Waals surface area (Å²) in [6, 6.07) is 0. The summed E-state index contributed by atoms with van der Waals surface area (Å²) in [5, 5.41) is 8.60. The highest BCUT2D eigenvalue weighted by molar-refractivity contribution is 7.80. The largest absolute Gasteiger partial charge is 0.397 e. The number of unbranched alkanes of at least 4 members (excludes halogenated alkanes) is 9. The second-order valence-corrected chi connectivity index (χ2v) is 7.60. The first-order valence-corrected chi connectivity index (χ1v) is 11.1. The maximum Gasteiger partial charge on any atom is 0.397 e. The van der Waals surface area contributed by atoms with Gasteiger partial charge in [0.15, 0.2) is 0 Å². The summed E-state index contributed by atoms with van der Waals surface area (Å²) in [5.41, 5.74) is 0. The van der Waals surface area contributed by atoms with Crippen molar-refractivity contribution in [2.24, 2.45) is 0 Å². The Labute approximate surface area is 161 Å². The summed E-state index contributed by atoms with van der Waals surface area (Å²) in [6.07, 6.45) is 13.9. The van der Waals surface area contributed by atoms with Crippen LogP contribution in [0.15, 0.2) is 0 Å². The third-order valence-corrected chi connectivity index (χ3v) is 4.38. The van der Waals surface area contributed by atoms with E-state index in [0.717, 1.165) is 20.3 Å². The summed E-state index contributed by atoms with van der Waals surface area (Å²) in [7, 11) is -1.14.